The van der Waals surface area contributed by atoms with Crippen molar-refractivity contribution in [2.45, 2.75) is 102 Å². The Bertz CT molecular complexity index is 1540. The number of hydrogen-bond acceptors (Lipinski definition) is 4. The van der Waals surface area contributed by atoms with Gasteiger partial charge in [-0.1, -0.05) is 80.9 Å². The molecule has 236 valence electrons. The number of nitrogens with zero attached hydrogens (tertiary/aromatic N) is 1. The van der Waals surface area contributed by atoms with Crippen molar-refractivity contribution in [1.82, 2.24) is 4.57 Å². The maximum atomic E-state index is 14.0. The first-order valence-electron chi connectivity index (χ1n) is 16.5. The summed E-state index contributed by atoms with van der Waals surface area (Å²) in [5, 5.41) is 0. The third-order valence-corrected chi connectivity index (χ3v) is 9.14. The molecule has 1 aromatic heterocycles. The molecule has 2 atom stereocenters. The summed E-state index contributed by atoms with van der Waals surface area (Å²) < 4.78 is 35.4. The standard InChI is InChI=1S/C39H44FNO4/c1-28(2)36-26-35(30-14-8-4-9-15-30)38(31-16-18-32(40)19-17-31)41(36)23-20-33-24-34(45-39(44-33)21-10-5-11-22-39)25-37(42)43-27-29-12-6-3-7-13-29/h3-4,6-9,12-19,26,28,33-34H,5,10-11,20-25,27H2,1-2H3/t33-,34-/m1/s1. The molecule has 3 aromatic carbocycles. The van der Waals surface area contributed by atoms with Crippen molar-refractivity contribution in [3.05, 3.63) is 108 Å². The highest BCUT2D eigenvalue weighted by molar-refractivity contribution is 5.82. The number of rotatable bonds is 10. The summed E-state index contributed by atoms with van der Waals surface area (Å²) in [5.41, 5.74) is 6.55. The fourth-order valence-corrected chi connectivity index (χ4v) is 6.95. The lowest BCUT2D eigenvalue weighted by Crippen LogP contribution is -2.50. The second-order valence-electron chi connectivity index (χ2n) is 12.8. The Morgan fingerprint density at radius 3 is 2.24 bits per heavy atom. The number of benzene rings is 3. The van der Waals surface area contributed by atoms with Crippen LogP contribution in [0, 0.1) is 5.82 Å². The number of carbonyl (C=O) groups excluding carboxylic acids is 1. The maximum absolute atomic E-state index is 14.0. The molecule has 2 aliphatic rings. The van der Waals surface area contributed by atoms with Gasteiger partial charge in [0.2, 0.25) is 0 Å². The fourth-order valence-electron chi connectivity index (χ4n) is 6.95. The van der Waals surface area contributed by atoms with Gasteiger partial charge in [0.05, 0.1) is 24.3 Å². The van der Waals surface area contributed by atoms with E-state index in [1.807, 2.05) is 48.5 Å². The van der Waals surface area contributed by atoms with Gasteiger partial charge in [0.1, 0.15) is 12.4 Å². The monoisotopic (exact) mass is 609 g/mol. The van der Waals surface area contributed by atoms with Crippen molar-refractivity contribution in [3.8, 4) is 22.4 Å². The summed E-state index contributed by atoms with van der Waals surface area (Å²) in [7, 11) is 0. The molecule has 0 N–H and O–H groups in total. The van der Waals surface area contributed by atoms with Gasteiger partial charge in [-0.05, 0) is 72.2 Å². The molecule has 5 nitrogen and oxygen atoms in total. The molecule has 4 aromatic rings. The van der Waals surface area contributed by atoms with Crippen LogP contribution in [-0.2, 0) is 32.2 Å². The Kier molecular flexibility index (Phi) is 9.82. The summed E-state index contributed by atoms with van der Waals surface area (Å²) in [6.07, 6.45) is 6.29. The molecular weight excluding hydrogens is 565 g/mol. The van der Waals surface area contributed by atoms with E-state index in [9.17, 15) is 9.18 Å². The van der Waals surface area contributed by atoms with Gasteiger partial charge in [-0.2, -0.15) is 0 Å². The van der Waals surface area contributed by atoms with Crippen LogP contribution in [0.5, 0.6) is 0 Å². The fraction of sp³-hybridized carbons (Fsp3) is 0.410. The second kappa shape index (κ2) is 14.1. The van der Waals surface area contributed by atoms with E-state index < -0.39 is 5.79 Å². The van der Waals surface area contributed by atoms with Crippen LogP contribution in [0.2, 0.25) is 0 Å². The van der Waals surface area contributed by atoms with Crippen LogP contribution in [-0.4, -0.2) is 28.5 Å². The van der Waals surface area contributed by atoms with Gasteiger partial charge in [0.15, 0.2) is 5.79 Å². The molecule has 1 spiro atoms. The SMILES string of the molecule is CC(C)c1cc(-c2ccccc2)c(-c2ccc(F)cc2)n1CC[C@@H]1C[C@H](CC(=O)OCc2ccccc2)OC2(CCCCC2)O1. The molecule has 2 heterocycles. The first-order chi connectivity index (χ1) is 21.9. The zero-order valence-corrected chi connectivity index (χ0v) is 26.4. The number of halogens is 1. The number of ether oxygens (including phenoxy) is 3. The lowest BCUT2D eigenvalue weighted by atomic mass is 9.91. The molecule has 1 saturated heterocycles. The third kappa shape index (κ3) is 7.57. The van der Waals surface area contributed by atoms with E-state index in [2.05, 4.69) is 48.7 Å². The van der Waals surface area contributed by atoms with Crippen molar-refractivity contribution in [2.24, 2.45) is 0 Å². The van der Waals surface area contributed by atoms with Crippen molar-refractivity contribution in [1.29, 1.82) is 0 Å². The van der Waals surface area contributed by atoms with Crippen molar-refractivity contribution in [3.63, 3.8) is 0 Å². The molecule has 45 heavy (non-hydrogen) atoms. The quantitative estimate of drug-likeness (QED) is 0.168. The van der Waals surface area contributed by atoms with E-state index in [-0.39, 0.29) is 42.9 Å². The van der Waals surface area contributed by atoms with Gasteiger partial charge >= 0.3 is 5.97 Å². The summed E-state index contributed by atoms with van der Waals surface area (Å²) in [6.45, 7) is 5.43. The Labute approximate surface area is 266 Å². The molecule has 1 aliphatic carbocycles. The number of aromatic nitrogens is 1. The molecule has 6 heteroatoms. The first kappa shape index (κ1) is 31.3. The predicted molar refractivity (Wildman–Crippen MR) is 175 cm³/mol. The van der Waals surface area contributed by atoms with Crippen molar-refractivity contribution < 1.29 is 23.4 Å². The molecule has 6 rings (SSSR count). The summed E-state index contributed by atoms with van der Waals surface area (Å²) >= 11 is 0. The zero-order chi connectivity index (χ0) is 31.2. The van der Waals surface area contributed by atoms with Crippen LogP contribution < -0.4 is 0 Å². The molecule has 0 bridgehead atoms. The van der Waals surface area contributed by atoms with Gasteiger partial charge in [-0.15, -0.1) is 0 Å². The topological polar surface area (TPSA) is 49.7 Å². The highest BCUT2D eigenvalue weighted by Crippen LogP contribution is 2.42. The normalized spacial score (nSPS) is 19.6. The lowest BCUT2D eigenvalue weighted by molar-refractivity contribution is -0.329. The van der Waals surface area contributed by atoms with E-state index in [1.165, 1.54) is 24.2 Å². The predicted octanol–water partition coefficient (Wildman–Crippen LogP) is 9.44. The number of carbonyl (C=O) groups is 1. The highest BCUT2D eigenvalue weighted by atomic mass is 19.1. The Morgan fingerprint density at radius 2 is 1.56 bits per heavy atom. The molecule has 0 unspecified atom stereocenters. The maximum Gasteiger partial charge on any atom is 0.308 e. The average Bonchev–Trinajstić information content (AvgIpc) is 3.44. The zero-order valence-electron chi connectivity index (χ0n) is 26.4. The van der Waals surface area contributed by atoms with Gasteiger partial charge < -0.3 is 18.8 Å². The molecular formula is C39H44FNO4. The van der Waals surface area contributed by atoms with E-state index in [1.54, 1.807) is 0 Å². The second-order valence-corrected chi connectivity index (χ2v) is 12.8. The highest BCUT2D eigenvalue weighted by Gasteiger charge is 2.44. The van der Waals surface area contributed by atoms with Gasteiger partial charge in [-0.25, -0.2) is 4.39 Å². The Morgan fingerprint density at radius 1 is 0.889 bits per heavy atom. The smallest absolute Gasteiger partial charge is 0.308 e. The Balaban J connectivity index is 1.25. The van der Waals surface area contributed by atoms with Crippen LogP contribution in [0.25, 0.3) is 22.4 Å². The van der Waals surface area contributed by atoms with Crippen molar-refractivity contribution >= 4 is 5.97 Å². The molecule has 1 saturated carbocycles. The van der Waals surface area contributed by atoms with Gasteiger partial charge in [0.25, 0.3) is 0 Å². The summed E-state index contributed by atoms with van der Waals surface area (Å²) in [5.74, 6) is -0.843. The molecule has 2 fully saturated rings. The van der Waals surface area contributed by atoms with Gasteiger partial charge in [-0.3, -0.25) is 4.79 Å². The van der Waals surface area contributed by atoms with Crippen LogP contribution in [0.4, 0.5) is 4.39 Å². The van der Waals surface area contributed by atoms with Crippen LogP contribution in [0.15, 0.2) is 91.0 Å². The van der Waals surface area contributed by atoms with E-state index in [4.69, 9.17) is 14.2 Å². The third-order valence-electron chi connectivity index (χ3n) is 9.14. The minimum Gasteiger partial charge on any atom is -0.461 e. The minimum atomic E-state index is -0.641. The summed E-state index contributed by atoms with van der Waals surface area (Å²) in [6, 6.07) is 29.3. The van der Waals surface area contributed by atoms with Crippen LogP contribution >= 0.6 is 0 Å². The van der Waals surface area contributed by atoms with Crippen LogP contribution in [0.3, 0.4) is 0 Å². The molecule has 0 amide bonds. The largest absolute Gasteiger partial charge is 0.461 e. The van der Waals surface area contributed by atoms with E-state index in [0.29, 0.717) is 6.42 Å². The molecule has 1 aliphatic heterocycles. The van der Waals surface area contributed by atoms with E-state index >= 15 is 0 Å². The number of hydrogen-bond donors (Lipinski definition) is 0. The van der Waals surface area contributed by atoms with Gasteiger partial charge in [0, 0.05) is 37.1 Å². The number of esters is 1. The summed E-state index contributed by atoms with van der Waals surface area (Å²) in [4.78, 5) is 13.0. The van der Waals surface area contributed by atoms with Crippen LogP contribution in [0.1, 0.15) is 82.4 Å². The lowest BCUT2D eigenvalue weighted by Gasteiger charge is -2.46. The minimum absolute atomic E-state index is 0.0626. The molecule has 0 radical (unpaired) electrons. The van der Waals surface area contributed by atoms with Crippen molar-refractivity contribution in [2.75, 3.05) is 0 Å². The Hall–Kier alpha value is -3.74. The first-order valence-corrected chi connectivity index (χ1v) is 16.5. The van der Waals surface area contributed by atoms with E-state index in [0.717, 1.165) is 66.6 Å². The average molecular weight is 610 g/mol.